The quantitative estimate of drug-likeness (QED) is 0.378. The number of hydroxylamine groups is 1. The number of nitro benzene ring substituents is 1. The molecular formula is C28H28N2O7. The second-order valence-electron chi connectivity index (χ2n) is 10.8. The number of nitrogens with zero attached hydrogens (tertiary/aromatic N) is 2. The summed E-state index contributed by atoms with van der Waals surface area (Å²) in [6, 6.07) is 15.2. The van der Waals surface area contributed by atoms with Crippen molar-refractivity contribution in [1.82, 2.24) is 0 Å². The predicted octanol–water partition coefficient (Wildman–Crippen LogP) is 4.06. The van der Waals surface area contributed by atoms with E-state index in [2.05, 4.69) is 0 Å². The van der Waals surface area contributed by atoms with Crippen molar-refractivity contribution in [3.8, 4) is 0 Å². The zero-order valence-corrected chi connectivity index (χ0v) is 20.6. The SMILES string of the molecule is C[C@H]1CC[C@@H]2[C@@H](OC(=O)C23C[C@@H](c2ccc([N+](=O)[O-])cc2)N(c2ccccc2)O3)[C@]2(C)C(=O)C=C[C@@]12O. The van der Waals surface area contributed by atoms with Crippen molar-refractivity contribution < 1.29 is 29.2 Å². The number of fused-ring (bicyclic) bond motifs is 4. The van der Waals surface area contributed by atoms with Crippen LogP contribution in [0.15, 0.2) is 66.7 Å². The van der Waals surface area contributed by atoms with Gasteiger partial charge in [-0.15, -0.1) is 0 Å². The third-order valence-corrected chi connectivity index (χ3v) is 9.15. The van der Waals surface area contributed by atoms with Crippen LogP contribution in [0.5, 0.6) is 0 Å². The van der Waals surface area contributed by atoms with Crippen LogP contribution in [0.25, 0.3) is 0 Å². The summed E-state index contributed by atoms with van der Waals surface area (Å²) in [5.74, 6) is -1.50. The molecule has 9 heteroatoms. The molecule has 1 unspecified atom stereocenters. The maximum atomic E-state index is 13.7. The number of esters is 1. The first-order valence-electron chi connectivity index (χ1n) is 12.6. The van der Waals surface area contributed by atoms with Gasteiger partial charge in [0.2, 0.25) is 5.60 Å². The minimum atomic E-state index is -1.43. The number of carbonyl (C=O) groups excluding carboxylic acids is 2. The number of ether oxygens (including phenoxy) is 1. The second-order valence-corrected chi connectivity index (χ2v) is 10.8. The number of hydrogen-bond donors (Lipinski definition) is 1. The van der Waals surface area contributed by atoms with Gasteiger partial charge in [-0.1, -0.05) is 37.3 Å². The normalized spacial score (nSPS) is 38.4. The monoisotopic (exact) mass is 504 g/mol. The number of carbonyl (C=O) groups is 2. The summed E-state index contributed by atoms with van der Waals surface area (Å²) in [6.45, 7) is 3.61. The molecule has 7 atom stereocenters. The standard InChI is InChI=1S/C28H28N2O7/c1-17-8-13-21-24(26(2)23(31)14-15-28(17,26)33)36-25(32)27(21)16-22(18-9-11-20(12-10-18)30(34)35)29(37-27)19-6-4-3-5-7-19/h3-7,9-12,14-15,17,21-22,24,33H,8,13,16H2,1-2H3/t17-,21+,22-,24+,26-,27?,28+/m0/s1. The Labute approximate surface area is 213 Å². The smallest absolute Gasteiger partial charge is 0.342 e. The van der Waals surface area contributed by atoms with Gasteiger partial charge < -0.3 is 9.84 Å². The van der Waals surface area contributed by atoms with Gasteiger partial charge in [-0.2, -0.15) is 0 Å². The van der Waals surface area contributed by atoms with E-state index in [4.69, 9.17) is 9.57 Å². The minimum Gasteiger partial charge on any atom is -0.459 e. The number of para-hydroxylation sites is 1. The van der Waals surface area contributed by atoms with E-state index >= 15 is 0 Å². The summed E-state index contributed by atoms with van der Waals surface area (Å²) in [4.78, 5) is 44.3. The molecular weight excluding hydrogens is 476 g/mol. The van der Waals surface area contributed by atoms with Crippen molar-refractivity contribution in [3.63, 3.8) is 0 Å². The van der Waals surface area contributed by atoms with Crippen LogP contribution in [-0.4, -0.2) is 39.1 Å². The van der Waals surface area contributed by atoms with E-state index in [1.165, 1.54) is 18.2 Å². The van der Waals surface area contributed by atoms with Gasteiger partial charge in [-0.05, 0) is 55.5 Å². The average Bonchev–Trinajstić information content (AvgIpc) is 3.49. The van der Waals surface area contributed by atoms with Crippen LogP contribution >= 0.6 is 0 Å². The number of aliphatic hydroxyl groups is 1. The Hall–Kier alpha value is -3.56. The van der Waals surface area contributed by atoms with E-state index in [1.54, 1.807) is 30.2 Å². The molecule has 4 aliphatic rings. The van der Waals surface area contributed by atoms with E-state index in [0.29, 0.717) is 12.8 Å². The molecule has 0 aromatic heterocycles. The first-order chi connectivity index (χ1) is 17.6. The van der Waals surface area contributed by atoms with Crippen molar-refractivity contribution in [2.75, 3.05) is 5.06 Å². The Morgan fingerprint density at radius 1 is 1.08 bits per heavy atom. The maximum absolute atomic E-state index is 13.7. The highest BCUT2D eigenvalue weighted by molar-refractivity contribution is 6.00. The lowest BCUT2D eigenvalue weighted by Crippen LogP contribution is -2.57. The van der Waals surface area contributed by atoms with Gasteiger partial charge in [0.25, 0.3) is 5.69 Å². The van der Waals surface area contributed by atoms with Crippen LogP contribution < -0.4 is 5.06 Å². The van der Waals surface area contributed by atoms with Gasteiger partial charge in [0.05, 0.1) is 22.1 Å². The van der Waals surface area contributed by atoms with Crippen molar-refractivity contribution in [1.29, 1.82) is 0 Å². The minimum absolute atomic E-state index is 0.0267. The highest BCUT2D eigenvalue weighted by atomic mass is 16.7. The number of non-ortho nitro benzene ring substituents is 1. The van der Waals surface area contributed by atoms with E-state index < -0.39 is 45.6 Å². The molecule has 0 amide bonds. The Bertz CT molecular complexity index is 1310. The van der Waals surface area contributed by atoms with Crippen molar-refractivity contribution in [2.24, 2.45) is 17.3 Å². The van der Waals surface area contributed by atoms with Gasteiger partial charge in [0.15, 0.2) is 5.78 Å². The van der Waals surface area contributed by atoms with Crippen LogP contribution in [0.4, 0.5) is 11.4 Å². The number of ketones is 1. The zero-order valence-electron chi connectivity index (χ0n) is 20.6. The van der Waals surface area contributed by atoms with Gasteiger partial charge in [0.1, 0.15) is 11.7 Å². The lowest BCUT2D eigenvalue weighted by atomic mass is 9.63. The highest BCUT2D eigenvalue weighted by Crippen LogP contribution is 2.61. The van der Waals surface area contributed by atoms with Crippen LogP contribution in [0, 0.1) is 27.4 Å². The summed E-state index contributed by atoms with van der Waals surface area (Å²) in [5.41, 5.74) is -2.66. The lowest BCUT2D eigenvalue weighted by molar-refractivity contribution is -0.384. The third kappa shape index (κ3) is 3.10. The molecule has 3 fully saturated rings. The van der Waals surface area contributed by atoms with Crippen LogP contribution in [0.3, 0.4) is 0 Å². The Balaban J connectivity index is 1.44. The van der Waals surface area contributed by atoms with Crippen LogP contribution in [0.1, 0.15) is 44.7 Å². The van der Waals surface area contributed by atoms with Gasteiger partial charge in [0, 0.05) is 24.5 Å². The zero-order chi connectivity index (χ0) is 26.2. The number of hydrogen-bond acceptors (Lipinski definition) is 8. The first kappa shape index (κ1) is 23.8. The molecule has 2 saturated heterocycles. The van der Waals surface area contributed by atoms with Crippen LogP contribution in [-0.2, 0) is 19.2 Å². The maximum Gasteiger partial charge on any atom is 0.342 e. The third-order valence-electron chi connectivity index (χ3n) is 9.15. The molecule has 0 bridgehead atoms. The molecule has 9 nitrogen and oxygen atoms in total. The molecule has 2 aromatic rings. The number of rotatable bonds is 3. The van der Waals surface area contributed by atoms with E-state index in [9.17, 15) is 24.8 Å². The second kappa shape index (κ2) is 7.97. The molecule has 2 aliphatic heterocycles. The summed E-state index contributed by atoms with van der Waals surface area (Å²) in [5, 5.41) is 24.6. The number of anilines is 1. The topological polar surface area (TPSA) is 119 Å². The summed E-state index contributed by atoms with van der Waals surface area (Å²) >= 11 is 0. The summed E-state index contributed by atoms with van der Waals surface area (Å²) in [6.07, 6.45) is 3.47. The molecule has 1 saturated carbocycles. The molecule has 6 rings (SSSR count). The molecule has 1 spiro atoms. The first-order valence-corrected chi connectivity index (χ1v) is 12.6. The fourth-order valence-corrected chi connectivity index (χ4v) is 6.90. The summed E-state index contributed by atoms with van der Waals surface area (Å²) < 4.78 is 6.00. The Morgan fingerprint density at radius 3 is 2.46 bits per heavy atom. The predicted molar refractivity (Wildman–Crippen MR) is 132 cm³/mol. The molecule has 2 aliphatic carbocycles. The van der Waals surface area contributed by atoms with Crippen LogP contribution in [0.2, 0.25) is 0 Å². The summed E-state index contributed by atoms with van der Waals surface area (Å²) in [7, 11) is 0. The molecule has 0 radical (unpaired) electrons. The molecule has 1 N–H and O–H groups in total. The van der Waals surface area contributed by atoms with E-state index in [1.807, 2.05) is 37.3 Å². The molecule has 37 heavy (non-hydrogen) atoms. The van der Waals surface area contributed by atoms with Gasteiger partial charge in [-0.3, -0.25) is 19.7 Å². The lowest BCUT2D eigenvalue weighted by Gasteiger charge is -2.43. The fraction of sp³-hybridized carbons (Fsp3) is 0.429. The van der Waals surface area contributed by atoms with E-state index in [0.717, 1.165) is 11.3 Å². The largest absolute Gasteiger partial charge is 0.459 e. The number of benzene rings is 2. The highest BCUT2D eigenvalue weighted by Gasteiger charge is 2.74. The Kier molecular flexibility index (Phi) is 5.13. The Morgan fingerprint density at radius 2 is 1.78 bits per heavy atom. The van der Waals surface area contributed by atoms with Gasteiger partial charge in [-0.25, -0.2) is 9.86 Å². The number of allylic oxidation sites excluding steroid dienone is 1. The number of nitro groups is 1. The molecule has 2 heterocycles. The van der Waals surface area contributed by atoms with Crippen molar-refractivity contribution in [3.05, 3.63) is 82.4 Å². The molecule has 2 aromatic carbocycles. The van der Waals surface area contributed by atoms with Crippen molar-refractivity contribution >= 4 is 23.1 Å². The van der Waals surface area contributed by atoms with Gasteiger partial charge >= 0.3 is 5.97 Å². The van der Waals surface area contributed by atoms with Crippen molar-refractivity contribution in [2.45, 2.75) is 56.5 Å². The molecule has 192 valence electrons. The van der Waals surface area contributed by atoms with E-state index in [-0.39, 0.29) is 23.8 Å². The fourth-order valence-electron chi connectivity index (χ4n) is 6.90. The average molecular weight is 505 g/mol.